The van der Waals surface area contributed by atoms with Crippen molar-refractivity contribution in [1.29, 1.82) is 0 Å². The number of carbonyl (C=O) groups excluding carboxylic acids is 4. The quantitative estimate of drug-likeness (QED) is 0.394. The highest BCUT2D eigenvalue weighted by molar-refractivity contribution is 6.27. The number of ether oxygens (including phenoxy) is 1. The molecule has 0 N–H and O–H groups in total. The van der Waals surface area contributed by atoms with Gasteiger partial charge in [0.1, 0.15) is 0 Å². The lowest BCUT2D eigenvalue weighted by molar-refractivity contribution is -0.314. The van der Waals surface area contributed by atoms with E-state index in [9.17, 15) is 45.5 Å². The van der Waals surface area contributed by atoms with Crippen molar-refractivity contribution in [1.82, 2.24) is 0 Å². The second-order valence-electron chi connectivity index (χ2n) is 7.30. The van der Waals surface area contributed by atoms with Gasteiger partial charge in [0.05, 0.1) is 17.5 Å². The Balaban J connectivity index is 1.98. The van der Waals surface area contributed by atoms with Crippen LogP contribution in [0, 0.1) is 5.92 Å². The highest BCUT2D eigenvalue weighted by Crippen LogP contribution is 2.59. The van der Waals surface area contributed by atoms with E-state index in [4.69, 9.17) is 0 Å². The highest BCUT2D eigenvalue weighted by atomic mass is 19.4. The number of ketones is 2. The summed E-state index contributed by atoms with van der Waals surface area (Å²) in [7, 11) is 0. The number of fused-ring (bicyclic) bond motifs is 2. The number of carbonyl (C=O) groups is 4. The zero-order valence-corrected chi connectivity index (χ0v) is 15.2. The zero-order chi connectivity index (χ0) is 22.9. The molecule has 0 spiro atoms. The van der Waals surface area contributed by atoms with Crippen LogP contribution in [0.5, 0.6) is 0 Å². The molecule has 11 heteroatoms. The van der Waals surface area contributed by atoms with E-state index >= 15 is 0 Å². The third-order valence-corrected chi connectivity index (χ3v) is 5.71. The van der Waals surface area contributed by atoms with Crippen LogP contribution in [0.15, 0.2) is 41.5 Å². The maximum atomic E-state index is 14.3. The Morgan fingerprint density at radius 2 is 1.39 bits per heavy atom. The topological polar surface area (TPSA) is 77.5 Å². The van der Waals surface area contributed by atoms with Crippen LogP contribution in [0.25, 0.3) is 0 Å². The van der Waals surface area contributed by atoms with E-state index in [1.54, 1.807) is 0 Å². The van der Waals surface area contributed by atoms with Crippen molar-refractivity contribution >= 4 is 23.5 Å². The van der Waals surface area contributed by atoms with Crippen molar-refractivity contribution in [3.8, 4) is 0 Å². The van der Waals surface area contributed by atoms with Gasteiger partial charge in [0.2, 0.25) is 0 Å². The molecule has 0 bridgehead atoms. The van der Waals surface area contributed by atoms with E-state index in [1.807, 2.05) is 0 Å². The summed E-state index contributed by atoms with van der Waals surface area (Å²) < 4.78 is 89.9. The lowest BCUT2D eigenvalue weighted by atomic mass is 9.65. The first-order valence-corrected chi connectivity index (χ1v) is 8.82. The first kappa shape index (κ1) is 21.0. The minimum atomic E-state index is -5.91. The van der Waals surface area contributed by atoms with Gasteiger partial charge in [-0.3, -0.25) is 9.59 Å². The summed E-state index contributed by atoms with van der Waals surface area (Å²) in [6.45, 7) is 0. The molecule has 2 aliphatic carbocycles. The van der Waals surface area contributed by atoms with Crippen LogP contribution < -0.4 is 0 Å². The van der Waals surface area contributed by atoms with Crippen LogP contribution in [-0.2, 0) is 19.7 Å². The predicted molar refractivity (Wildman–Crippen MR) is 88.9 cm³/mol. The van der Waals surface area contributed by atoms with Gasteiger partial charge in [-0.1, -0.05) is 18.2 Å². The maximum Gasteiger partial charge on any atom is 0.407 e. The van der Waals surface area contributed by atoms with Gasteiger partial charge in [-0.25, -0.2) is 9.59 Å². The van der Waals surface area contributed by atoms with Gasteiger partial charge >= 0.3 is 24.3 Å². The number of hydrogen-bond donors (Lipinski definition) is 0. The Kier molecular flexibility index (Phi) is 4.32. The van der Waals surface area contributed by atoms with Crippen molar-refractivity contribution in [2.75, 3.05) is 0 Å². The molecule has 4 rings (SSSR count). The zero-order valence-electron chi connectivity index (χ0n) is 15.2. The molecule has 1 unspecified atom stereocenters. The van der Waals surface area contributed by atoms with Crippen LogP contribution in [0.1, 0.15) is 39.1 Å². The summed E-state index contributed by atoms with van der Waals surface area (Å²) in [5.74, 6) is -6.40. The number of alkyl halides is 6. The Bertz CT molecular complexity index is 1110. The van der Waals surface area contributed by atoms with E-state index in [2.05, 4.69) is 4.74 Å². The molecule has 3 aliphatic rings. The third kappa shape index (κ3) is 2.78. The van der Waals surface area contributed by atoms with Crippen molar-refractivity contribution in [2.45, 2.75) is 30.6 Å². The lowest BCUT2D eigenvalue weighted by Crippen LogP contribution is -2.58. The summed E-state index contributed by atoms with van der Waals surface area (Å²) >= 11 is 0. The Hall–Kier alpha value is -3.24. The molecule has 1 aromatic rings. The highest BCUT2D eigenvalue weighted by Gasteiger charge is 2.74. The molecule has 1 heterocycles. The molecule has 0 amide bonds. The van der Waals surface area contributed by atoms with Gasteiger partial charge < -0.3 is 4.74 Å². The molecule has 1 aliphatic heterocycles. The fraction of sp³-hybridized carbons (Fsp3) is 0.300. The van der Waals surface area contributed by atoms with Crippen LogP contribution >= 0.6 is 0 Å². The molecule has 5 nitrogen and oxygen atoms in total. The first-order valence-electron chi connectivity index (χ1n) is 8.82. The number of hydrogen-bond acceptors (Lipinski definition) is 5. The Morgan fingerprint density at radius 1 is 0.806 bits per heavy atom. The summed E-state index contributed by atoms with van der Waals surface area (Å²) in [4.78, 5) is 47.0. The van der Waals surface area contributed by atoms with Crippen molar-refractivity contribution in [2.24, 2.45) is 5.92 Å². The minimum Gasteiger partial charge on any atom is -0.386 e. The van der Waals surface area contributed by atoms with Gasteiger partial charge in [-0.05, 0) is 24.1 Å². The lowest BCUT2D eigenvalue weighted by Gasteiger charge is -2.43. The van der Waals surface area contributed by atoms with Crippen LogP contribution in [0.2, 0.25) is 0 Å². The van der Waals surface area contributed by atoms with E-state index < -0.39 is 82.3 Å². The number of Topliss-reactive ketones (excluding diaryl/α,β-unsaturated/α-hetero) is 2. The normalized spacial score (nSPS) is 21.5. The molecule has 1 atom stereocenters. The second-order valence-corrected chi connectivity index (χ2v) is 7.30. The van der Waals surface area contributed by atoms with Crippen LogP contribution in [0.4, 0.5) is 26.3 Å². The smallest absolute Gasteiger partial charge is 0.386 e. The fourth-order valence-electron chi connectivity index (χ4n) is 4.31. The first-order chi connectivity index (χ1) is 14.3. The molecule has 0 saturated heterocycles. The van der Waals surface area contributed by atoms with Crippen molar-refractivity contribution in [3.05, 3.63) is 58.2 Å². The number of rotatable bonds is 2. The average Bonchev–Trinajstić information content (AvgIpc) is 3.09. The minimum absolute atomic E-state index is 0.192. The Labute approximate surface area is 169 Å². The maximum absolute atomic E-state index is 14.3. The van der Waals surface area contributed by atoms with Crippen LogP contribution in [0.3, 0.4) is 0 Å². The molecule has 1 saturated carbocycles. The molecule has 1 fully saturated rings. The Morgan fingerprint density at radius 3 is 2.00 bits per heavy atom. The molecular formula is C20H10F6O5. The summed E-state index contributed by atoms with van der Waals surface area (Å²) in [6, 6.07) is 1.49. The number of halogens is 6. The predicted octanol–water partition coefficient (Wildman–Crippen LogP) is 3.77. The van der Waals surface area contributed by atoms with Gasteiger partial charge in [0.25, 0.3) is 0 Å². The summed E-state index contributed by atoms with van der Waals surface area (Å²) in [5.41, 5.74) is -7.67. The number of cyclic esters (lactones) is 2. The molecule has 162 valence electrons. The van der Waals surface area contributed by atoms with E-state index in [1.165, 1.54) is 0 Å². The van der Waals surface area contributed by atoms with Gasteiger partial charge in [-0.15, -0.1) is 0 Å². The largest absolute Gasteiger partial charge is 0.407 e. The number of benzene rings is 1. The second kappa shape index (κ2) is 6.38. The van der Waals surface area contributed by atoms with Gasteiger partial charge in [0, 0.05) is 17.1 Å². The molecule has 1 aromatic carbocycles. The van der Waals surface area contributed by atoms with E-state index in [-0.39, 0.29) is 5.57 Å². The average molecular weight is 444 g/mol. The molecular weight excluding hydrogens is 434 g/mol. The molecule has 31 heavy (non-hydrogen) atoms. The monoisotopic (exact) mass is 444 g/mol. The summed E-state index contributed by atoms with van der Waals surface area (Å²) in [6.07, 6.45) is -11.8. The fourth-order valence-corrected chi connectivity index (χ4v) is 4.31. The van der Waals surface area contributed by atoms with Crippen molar-refractivity contribution < 1.29 is 50.3 Å². The van der Waals surface area contributed by atoms with Gasteiger partial charge in [0.15, 0.2) is 17.0 Å². The number of allylic oxidation sites excluding steroid dienone is 4. The third-order valence-electron chi connectivity index (χ3n) is 5.71. The number of esters is 2. The summed E-state index contributed by atoms with van der Waals surface area (Å²) in [5, 5.41) is 0. The van der Waals surface area contributed by atoms with E-state index in [0.717, 1.165) is 6.08 Å². The molecule has 0 radical (unpaired) electrons. The molecule has 0 aromatic heterocycles. The van der Waals surface area contributed by atoms with Gasteiger partial charge in [-0.2, -0.15) is 26.3 Å². The SMILES string of the molecule is O=C1CC(=O)C2=CC(C(c3ccc4c(c3)C(=O)OC4=O)(C(F)(F)F)C(F)(F)F)CC=C12. The standard InChI is InChI=1S/C20H10F6O5/c21-19(22,23)18(20(24,25)26,8-1-3-10-12(5-8)15(28)7-14(10)27)9-2-4-11-13(6-9)17(30)31-16(11)29/h2-6,8H,1,7H2. The van der Waals surface area contributed by atoms with Crippen LogP contribution in [-0.4, -0.2) is 35.9 Å². The van der Waals surface area contributed by atoms with E-state index in [0.29, 0.717) is 24.3 Å². The van der Waals surface area contributed by atoms with Crippen molar-refractivity contribution in [3.63, 3.8) is 0 Å².